The van der Waals surface area contributed by atoms with E-state index in [0.29, 0.717) is 12.3 Å². The number of hydrogen-bond acceptors (Lipinski definition) is 5. The molecule has 1 aliphatic rings. The molecule has 0 amide bonds. The van der Waals surface area contributed by atoms with Gasteiger partial charge in [-0.3, -0.25) is 14.4 Å². The first-order chi connectivity index (χ1) is 9.57. The van der Waals surface area contributed by atoms with Crippen molar-refractivity contribution in [2.24, 2.45) is 11.7 Å². The molecule has 0 aromatic heterocycles. The van der Waals surface area contributed by atoms with Crippen molar-refractivity contribution in [2.45, 2.75) is 52.1 Å². The van der Waals surface area contributed by atoms with E-state index in [2.05, 4.69) is 5.32 Å². The summed E-state index contributed by atoms with van der Waals surface area (Å²) in [5.74, 6) is -2.11. The van der Waals surface area contributed by atoms with Crippen LogP contribution in [0.1, 0.15) is 40.0 Å². The molecule has 6 N–H and O–H groups in total. The van der Waals surface area contributed by atoms with Gasteiger partial charge in [0.15, 0.2) is 0 Å². The predicted molar refractivity (Wildman–Crippen MR) is 77.0 cm³/mol. The maximum atomic E-state index is 10.1. The van der Waals surface area contributed by atoms with E-state index >= 15 is 0 Å². The molecule has 1 heterocycles. The van der Waals surface area contributed by atoms with E-state index in [4.69, 9.17) is 25.8 Å². The molecule has 0 saturated carbocycles. The van der Waals surface area contributed by atoms with Gasteiger partial charge in [-0.1, -0.05) is 13.8 Å². The first-order valence-electron chi connectivity index (χ1n) is 6.72. The topological polar surface area (TPSA) is 150 Å². The smallest absolute Gasteiger partial charge is 0.320 e. The molecule has 0 aliphatic carbocycles. The molecule has 8 heteroatoms. The van der Waals surface area contributed by atoms with E-state index in [9.17, 15) is 9.59 Å². The van der Waals surface area contributed by atoms with Gasteiger partial charge in [-0.2, -0.15) is 0 Å². The molecular formula is C13H26N2O6. The minimum absolute atomic E-state index is 0.269. The molecule has 1 saturated heterocycles. The van der Waals surface area contributed by atoms with Crippen molar-refractivity contribution >= 4 is 17.9 Å². The van der Waals surface area contributed by atoms with Crippen molar-refractivity contribution < 1.29 is 29.7 Å². The average Bonchev–Trinajstić information content (AvgIpc) is 2.81. The van der Waals surface area contributed by atoms with Gasteiger partial charge < -0.3 is 26.4 Å². The van der Waals surface area contributed by atoms with Gasteiger partial charge in [-0.15, -0.1) is 0 Å². The van der Waals surface area contributed by atoms with Crippen LogP contribution in [0.15, 0.2) is 0 Å². The number of rotatable bonds is 4. The van der Waals surface area contributed by atoms with Crippen molar-refractivity contribution in [3.8, 4) is 0 Å². The van der Waals surface area contributed by atoms with Crippen molar-refractivity contribution in [3.05, 3.63) is 0 Å². The van der Waals surface area contributed by atoms with Crippen LogP contribution in [0.2, 0.25) is 0 Å². The number of nitrogens with one attached hydrogen (secondary N) is 1. The molecule has 0 aromatic rings. The lowest BCUT2D eigenvalue weighted by Crippen LogP contribution is -2.31. The highest BCUT2D eigenvalue weighted by Crippen LogP contribution is 2.03. The molecule has 1 aliphatic heterocycles. The lowest BCUT2D eigenvalue weighted by atomic mass is 10.1. The van der Waals surface area contributed by atoms with Gasteiger partial charge >= 0.3 is 11.9 Å². The van der Waals surface area contributed by atoms with E-state index in [0.717, 1.165) is 26.3 Å². The largest absolute Gasteiger partial charge is 0.481 e. The zero-order valence-corrected chi connectivity index (χ0v) is 12.7. The van der Waals surface area contributed by atoms with Crippen LogP contribution in [0.25, 0.3) is 0 Å². The molecular weight excluding hydrogens is 280 g/mol. The van der Waals surface area contributed by atoms with Crippen LogP contribution in [-0.4, -0.2) is 51.9 Å². The Morgan fingerprint density at radius 3 is 1.86 bits per heavy atom. The van der Waals surface area contributed by atoms with Gasteiger partial charge in [0.25, 0.3) is 5.97 Å². The zero-order valence-electron chi connectivity index (χ0n) is 12.7. The zero-order chi connectivity index (χ0) is 17.0. The number of carboxylic acids is 3. The Bertz CT molecular complexity index is 323. The van der Waals surface area contributed by atoms with Crippen molar-refractivity contribution in [1.82, 2.24) is 5.32 Å². The standard InChI is InChI=1S/C6H13NO2.C5H9NO2.C2H4O2/c1-4(2)3-5(7)6(8)9;7-5(8)4-2-1-3-6-4;1-2(3)4/h4-5H,3,7H2,1-2H3,(H,8,9);4,6H,1-3H2,(H,7,8);1H3,(H,3,4)/t;4-;/m.0./s1. The quantitative estimate of drug-likeness (QED) is 0.499. The fraction of sp³-hybridized carbons (Fsp3) is 0.769. The van der Waals surface area contributed by atoms with E-state index in [1.165, 1.54) is 0 Å². The first-order valence-corrected chi connectivity index (χ1v) is 6.72. The molecule has 1 rings (SSSR count). The number of carboxylic acid groups (broad SMARTS) is 3. The molecule has 0 radical (unpaired) electrons. The lowest BCUT2D eigenvalue weighted by molar-refractivity contribution is -0.139. The van der Waals surface area contributed by atoms with Gasteiger partial charge in [0.1, 0.15) is 12.1 Å². The Morgan fingerprint density at radius 1 is 1.24 bits per heavy atom. The molecule has 0 spiro atoms. The lowest BCUT2D eigenvalue weighted by Gasteiger charge is -2.07. The van der Waals surface area contributed by atoms with Crippen LogP contribution in [0.3, 0.4) is 0 Å². The molecule has 1 fully saturated rings. The normalized spacial score (nSPS) is 17.9. The second-order valence-corrected chi connectivity index (χ2v) is 5.08. The van der Waals surface area contributed by atoms with Crippen molar-refractivity contribution in [2.75, 3.05) is 6.54 Å². The monoisotopic (exact) mass is 306 g/mol. The maximum Gasteiger partial charge on any atom is 0.320 e. The third kappa shape index (κ3) is 16.3. The average molecular weight is 306 g/mol. The highest BCUT2D eigenvalue weighted by Gasteiger charge is 2.20. The highest BCUT2D eigenvalue weighted by atomic mass is 16.4. The number of carbonyl (C=O) groups is 3. The third-order valence-electron chi connectivity index (χ3n) is 2.40. The second-order valence-electron chi connectivity index (χ2n) is 5.08. The SMILES string of the molecule is CC(=O)O.CC(C)CC(N)C(=O)O.O=C(O)[C@@H]1CCCN1. The number of hydrogen-bond donors (Lipinski definition) is 5. The van der Waals surface area contributed by atoms with E-state index in [-0.39, 0.29) is 6.04 Å². The Balaban J connectivity index is 0. The summed E-state index contributed by atoms with van der Waals surface area (Å²) in [6, 6.07) is -0.958. The van der Waals surface area contributed by atoms with Gasteiger partial charge in [0.05, 0.1) is 0 Å². The van der Waals surface area contributed by atoms with Crippen LogP contribution >= 0.6 is 0 Å². The van der Waals surface area contributed by atoms with Gasteiger partial charge in [-0.05, 0) is 31.7 Å². The van der Waals surface area contributed by atoms with Gasteiger partial charge in [-0.25, -0.2) is 0 Å². The van der Waals surface area contributed by atoms with Crippen molar-refractivity contribution in [3.63, 3.8) is 0 Å². The molecule has 0 aromatic carbocycles. The van der Waals surface area contributed by atoms with E-state index < -0.39 is 23.9 Å². The van der Waals surface area contributed by atoms with Crippen LogP contribution < -0.4 is 11.1 Å². The Hall–Kier alpha value is -1.67. The molecule has 2 atom stereocenters. The predicted octanol–water partition coefficient (Wildman–Crippen LogP) is 0.358. The Kier molecular flexibility index (Phi) is 12.5. The summed E-state index contributed by atoms with van der Waals surface area (Å²) < 4.78 is 0. The summed E-state index contributed by atoms with van der Waals surface area (Å²) in [4.78, 5) is 29.2. The molecule has 8 nitrogen and oxygen atoms in total. The van der Waals surface area contributed by atoms with E-state index in [1.807, 2.05) is 13.8 Å². The minimum atomic E-state index is -0.913. The summed E-state index contributed by atoms with van der Waals surface area (Å²) in [7, 11) is 0. The van der Waals surface area contributed by atoms with Crippen LogP contribution in [0, 0.1) is 5.92 Å². The van der Waals surface area contributed by atoms with Gasteiger partial charge in [0.2, 0.25) is 0 Å². The summed E-state index contributed by atoms with van der Waals surface area (Å²) in [5.41, 5.74) is 5.22. The van der Waals surface area contributed by atoms with Crippen LogP contribution in [-0.2, 0) is 14.4 Å². The van der Waals surface area contributed by atoms with Crippen LogP contribution in [0.5, 0.6) is 0 Å². The van der Waals surface area contributed by atoms with Crippen molar-refractivity contribution in [1.29, 1.82) is 0 Å². The summed E-state index contributed by atoms with van der Waals surface area (Å²) in [5, 5.41) is 26.9. The summed E-state index contributed by atoms with van der Waals surface area (Å²) in [6.07, 6.45) is 2.33. The molecule has 0 bridgehead atoms. The fourth-order valence-electron chi connectivity index (χ4n) is 1.50. The third-order valence-corrected chi connectivity index (χ3v) is 2.40. The Morgan fingerprint density at radius 2 is 1.71 bits per heavy atom. The summed E-state index contributed by atoms with van der Waals surface area (Å²) >= 11 is 0. The first kappa shape index (κ1) is 21.6. The molecule has 21 heavy (non-hydrogen) atoms. The molecule has 124 valence electrons. The summed E-state index contributed by atoms with van der Waals surface area (Å²) in [6.45, 7) is 5.84. The highest BCUT2D eigenvalue weighted by molar-refractivity contribution is 5.73. The fourth-order valence-corrected chi connectivity index (χ4v) is 1.50. The molecule has 1 unspecified atom stereocenters. The second kappa shape index (κ2) is 12.1. The number of nitrogens with two attached hydrogens (primary N) is 1. The van der Waals surface area contributed by atoms with Gasteiger partial charge in [0, 0.05) is 6.92 Å². The number of aliphatic carboxylic acids is 3. The Labute approximate surface area is 124 Å². The maximum absolute atomic E-state index is 10.1. The van der Waals surface area contributed by atoms with E-state index in [1.54, 1.807) is 0 Å². The van der Waals surface area contributed by atoms with Crippen LogP contribution in [0.4, 0.5) is 0 Å². The minimum Gasteiger partial charge on any atom is -0.481 e.